The molecule has 1 amide bonds. The maximum Gasteiger partial charge on any atom is 0.229 e. The molecule has 1 fully saturated rings. The van der Waals surface area contributed by atoms with Crippen LogP contribution < -0.4 is 0 Å². The van der Waals surface area contributed by atoms with Crippen LogP contribution in [0.25, 0.3) is 10.7 Å². The largest absolute Gasteiger partial charge is 0.337 e. The quantitative estimate of drug-likeness (QED) is 0.870. The minimum Gasteiger partial charge on any atom is -0.337 e. The molecule has 4 nitrogen and oxygen atoms in total. The fourth-order valence-electron chi connectivity index (χ4n) is 3.15. The first-order valence-electron chi connectivity index (χ1n) is 7.82. The molecule has 1 saturated heterocycles. The summed E-state index contributed by atoms with van der Waals surface area (Å²) in [7, 11) is 0. The summed E-state index contributed by atoms with van der Waals surface area (Å²) in [5, 5.41) is 2.85. The highest BCUT2D eigenvalue weighted by Crippen LogP contribution is 2.25. The summed E-state index contributed by atoms with van der Waals surface area (Å²) >= 11 is 1.55. The number of pyridine rings is 1. The van der Waals surface area contributed by atoms with E-state index in [1.54, 1.807) is 17.5 Å². The van der Waals surface area contributed by atoms with Gasteiger partial charge < -0.3 is 4.90 Å². The topological polar surface area (TPSA) is 46.1 Å². The molecule has 3 heterocycles. The minimum atomic E-state index is 0.192. The smallest absolute Gasteiger partial charge is 0.229 e. The van der Waals surface area contributed by atoms with E-state index < -0.39 is 0 Å². The average molecular weight is 315 g/mol. The second-order valence-corrected chi connectivity index (χ2v) is 6.82. The molecule has 0 spiro atoms. The van der Waals surface area contributed by atoms with E-state index in [0.717, 1.165) is 29.2 Å². The van der Waals surface area contributed by atoms with E-state index in [9.17, 15) is 4.79 Å². The lowest BCUT2D eigenvalue weighted by atomic mass is 9.97. The first-order chi connectivity index (χ1) is 10.6. The van der Waals surface area contributed by atoms with Gasteiger partial charge >= 0.3 is 0 Å². The molecule has 2 unspecified atom stereocenters. The third kappa shape index (κ3) is 3.19. The molecule has 116 valence electrons. The molecule has 0 bridgehead atoms. The van der Waals surface area contributed by atoms with E-state index >= 15 is 0 Å². The van der Waals surface area contributed by atoms with Gasteiger partial charge in [0.05, 0.1) is 17.8 Å². The average Bonchev–Trinajstić information content (AvgIpc) is 2.96. The van der Waals surface area contributed by atoms with Gasteiger partial charge in [0.25, 0.3) is 0 Å². The van der Waals surface area contributed by atoms with Crippen molar-refractivity contribution in [1.82, 2.24) is 14.9 Å². The standard InChI is InChI=1S/C17H21N3OS/c1-12-6-5-7-13(2)20(12)16(21)10-14-11-22-17(19-14)15-8-3-4-9-18-15/h3-4,8-9,11-13H,5-7,10H2,1-2H3. The number of carbonyl (C=O) groups is 1. The summed E-state index contributed by atoms with van der Waals surface area (Å²) in [6.07, 6.45) is 5.57. The Morgan fingerprint density at radius 2 is 2.09 bits per heavy atom. The SMILES string of the molecule is CC1CCCC(C)N1C(=O)Cc1csc(-c2ccccn2)n1. The molecule has 2 aromatic rings. The van der Waals surface area contributed by atoms with Gasteiger partial charge in [0.1, 0.15) is 5.01 Å². The maximum atomic E-state index is 12.6. The number of piperidine rings is 1. The number of aromatic nitrogens is 2. The number of hydrogen-bond donors (Lipinski definition) is 0. The number of rotatable bonds is 3. The Morgan fingerprint density at radius 3 is 2.77 bits per heavy atom. The van der Waals surface area contributed by atoms with Gasteiger partial charge in [-0.1, -0.05) is 6.07 Å². The van der Waals surface area contributed by atoms with Crippen LogP contribution in [0, 0.1) is 0 Å². The van der Waals surface area contributed by atoms with Crippen LogP contribution in [0.3, 0.4) is 0 Å². The molecular formula is C17H21N3OS. The second-order valence-electron chi connectivity index (χ2n) is 5.97. The molecule has 0 saturated carbocycles. The van der Waals surface area contributed by atoms with Gasteiger partial charge in [-0.15, -0.1) is 11.3 Å². The van der Waals surface area contributed by atoms with Gasteiger partial charge in [-0.2, -0.15) is 0 Å². The molecule has 0 aromatic carbocycles. The minimum absolute atomic E-state index is 0.192. The van der Waals surface area contributed by atoms with Crippen LogP contribution in [0.5, 0.6) is 0 Å². The predicted molar refractivity (Wildman–Crippen MR) is 88.7 cm³/mol. The van der Waals surface area contributed by atoms with Crippen molar-refractivity contribution in [3.05, 3.63) is 35.5 Å². The van der Waals surface area contributed by atoms with Crippen LogP contribution in [0.4, 0.5) is 0 Å². The number of hydrogen-bond acceptors (Lipinski definition) is 4. The van der Waals surface area contributed by atoms with Gasteiger partial charge in [-0.25, -0.2) is 4.98 Å². The maximum absolute atomic E-state index is 12.6. The van der Waals surface area contributed by atoms with E-state index in [4.69, 9.17) is 0 Å². The Bertz CT molecular complexity index is 630. The third-order valence-corrected chi connectivity index (χ3v) is 5.16. The van der Waals surface area contributed by atoms with Crippen LogP contribution in [0.15, 0.2) is 29.8 Å². The number of likely N-dealkylation sites (tertiary alicyclic amines) is 1. The summed E-state index contributed by atoms with van der Waals surface area (Å²) in [5.41, 5.74) is 1.71. The van der Waals surface area contributed by atoms with Crippen LogP contribution in [-0.4, -0.2) is 32.9 Å². The fourth-order valence-corrected chi connectivity index (χ4v) is 3.95. The Morgan fingerprint density at radius 1 is 1.32 bits per heavy atom. The number of nitrogens with zero attached hydrogens (tertiary/aromatic N) is 3. The van der Waals surface area contributed by atoms with Crippen LogP contribution >= 0.6 is 11.3 Å². The zero-order valence-corrected chi connectivity index (χ0v) is 13.8. The molecule has 0 radical (unpaired) electrons. The number of amides is 1. The molecule has 2 atom stereocenters. The highest BCUT2D eigenvalue weighted by atomic mass is 32.1. The van der Waals surface area contributed by atoms with Crippen molar-refractivity contribution in [3.8, 4) is 10.7 Å². The first-order valence-corrected chi connectivity index (χ1v) is 8.70. The van der Waals surface area contributed by atoms with Gasteiger partial charge in [0.2, 0.25) is 5.91 Å². The summed E-state index contributed by atoms with van der Waals surface area (Å²) < 4.78 is 0. The van der Waals surface area contributed by atoms with Crippen LogP contribution in [0.2, 0.25) is 0 Å². The molecule has 22 heavy (non-hydrogen) atoms. The van der Waals surface area contributed by atoms with Crippen LogP contribution in [-0.2, 0) is 11.2 Å². The Labute approximate surface area is 135 Å². The van der Waals surface area contributed by atoms with E-state index in [-0.39, 0.29) is 5.91 Å². The normalized spacial score (nSPS) is 21.8. The Hall–Kier alpha value is -1.75. The summed E-state index contributed by atoms with van der Waals surface area (Å²) in [6.45, 7) is 4.29. The van der Waals surface area contributed by atoms with Crippen molar-refractivity contribution < 1.29 is 4.79 Å². The second kappa shape index (κ2) is 6.57. The Kier molecular flexibility index (Phi) is 4.52. The molecule has 1 aliphatic heterocycles. The highest BCUT2D eigenvalue weighted by Gasteiger charge is 2.29. The van der Waals surface area contributed by atoms with Gasteiger partial charge in [-0.3, -0.25) is 9.78 Å². The van der Waals surface area contributed by atoms with Crippen molar-refractivity contribution in [2.45, 2.75) is 51.6 Å². The zero-order chi connectivity index (χ0) is 15.5. The monoisotopic (exact) mass is 315 g/mol. The lowest BCUT2D eigenvalue weighted by molar-refractivity contribution is -0.136. The van der Waals surface area contributed by atoms with Crippen molar-refractivity contribution in [1.29, 1.82) is 0 Å². The molecule has 5 heteroatoms. The summed E-state index contributed by atoms with van der Waals surface area (Å²) in [4.78, 5) is 23.5. The van der Waals surface area contributed by atoms with Crippen LogP contribution in [0.1, 0.15) is 38.8 Å². The summed E-state index contributed by atoms with van der Waals surface area (Å²) in [5.74, 6) is 0.192. The van der Waals surface area contributed by atoms with Crippen molar-refractivity contribution >= 4 is 17.2 Å². The highest BCUT2D eigenvalue weighted by molar-refractivity contribution is 7.13. The molecule has 0 aliphatic carbocycles. The lowest BCUT2D eigenvalue weighted by Crippen LogP contribution is -2.48. The molecule has 1 aliphatic rings. The zero-order valence-electron chi connectivity index (χ0n) is 13.0. The van der Waals surface area contributed by atoms with Gasteiger partial charge in [-0.05, 0) is 45.2 Å². The van der Waals surface area contributed by atoms with Gasteiger partial charge in [0.15, 0.2) is 0 Å². The molecular weight excluding hydrogens is 294 g/mol. The Balaban J connectivity index is 1.71. The van der Waals surface area contributed by atoms with E-state index in [1.807, 2.05) is 28.5 Å². The summed E-state index contributed by atoms with van der Waals surface area (Å²) in [6, 6.07) is 6.46. The van der Waals surface area contributed by atoms with Crippen molar-refractivity contribution in [2.24, 2.45) is 0 Å². The third-order valence-electron chi connectivity index (χ3n) is 4.25. The first kappa shape index (κ1) is 15.2. The number of carbonyl (C=O) groups excluding carboxylic acids is 1. The fraction of sp³-hybridized carbons (Fsp3) is 0.471. The predicted octanol–water partition coefficient (Wildman–Crippen LogP) is 3.54. The molecule has 2 aromatic heterocycles. The lowest BCUT2D eigenvalue weighted by Gasteiger charge is -2.39. The van der Waals surface area contributed by atoms with Gasteiger partial charge in [0, 0.05) is 23.7 Å². The molecule has 3 rings (SSSR count). The number of thiazole rings is 1. The van der Waals surface area contributed by atoms with E-state index in [2.05, 4.69) is 23.8 Å². The molecule has 0 N–H and O–H groups in total. The van der Waals surface area contributed by atoms with Crippen molar-refractivity contribution in [3.63, 3.8) is 0 Å². The van der Waals surface area contributed by atoms with E-state index in [0.29, 0.717) is 18.5 Å². The van der Waals surface area contributed by atoms with Crippen molar-refractivity contribution in [2.75, 3.05) is 0 Å². The van der Waals surface area contributed by atoms with E-state index in [1.165, 1.54) is 6.42 Å².